The standard InChI is InChI=1S/C19H14Cl2N2O4S/c1-26-11-7-6-10(15(9-11)27-2)8-12-17(24)22-19(28)23(18(12)25)14-5-3-4-13(20)16(14)21/h3-9H,1-2H3,(H,22,24,28). The number of methoxy groups -OCH3 is 2. The highest BCUT2D eigenvalue weighted by atomic mass is 35.5. The van der Waals surface area contributed by atoms with Crippen LogP contribution in [0.15, 0.2) is 42.0 Å². The number of carbonyl (C=O) groups excluding carboxylic acids is 2. The molecule has 0 atom stereocenters. The number of carbonyl (C=O) groups is 2. The number of anilines is 1. The first-order valence-corrected chi connectivity index (χ1v) is 9.11. The monoisotopic (exact) mass is 436 g/mol. The van der Waals surface area contributed by atoms with Gasteiger partial charge in [-0.05, 0) is 42.6 Å². The summed E-state index contributed by atoms with van der Waals surface area (Å²) in [5, 5.41) is 2.82. The summed E-state index contributed by atoms with van der Waals surface area (Å²) >= 11 is 17.4. The van der Waals surface area contributed by atoms with Crippen molar-refractivity contribution in [3.63, 3.8) is 0 Å². The van der Waals surface area contributed by atoms with E-state index in [4.69, 9.17) is 44.9 Å². The van der Waals surface area contributed by atoms with Crippen LogP contribution in [-0.2, 0) is 9.59 Å². The average Bonchev–Trinajstić information content (AvgIpc) is 2.68. The number of amides is 2. The van der Waals surface area contributed by atoms with E-state index in [2.05, 4.69) is 5.32 Å². The van der Waals surface area contributed by atoms with Gasteiger partial charge in [-0.25, -0.2) is 0 Å². The number of thiocarbonyl (C=S) groups is 1. The Balaban J connectivity index is 2.08. The van der Waals surface area contributed by atoms with Gasteiger partial charge in [-0.1, -0.05) is 29.3 Å². The normalized spacial score (nSPS) is 15.6. The van der Waals surface area contributed by atoms with E-state index in [1.807, 2.05) is 0 Å². The summed E-state index contributed by atoms with van der Waals surface area (Å²) in [7, 11) is 3.01. The zero-order valence-corrected chi connectivity index (χ0v) is 17.1. The van der Waals surface area contributed by atoms with Gasteiger partial charge in [-0.3, -0.25) is 19.8 Å². The number of rotatable bonds is 4. The first-order valence-electron chi connectivity index (χ1n) is 7.95. The fourth-order valence-electron chi connectivity index (χ4n) is 2.63. The molecule has 2 amide bonds. The second-order valence-electron chi connectivity index (χ2n) is 5.64. The highest BCUT2D eigenvalue weighted by molar-refractivity contribution is 7.80. The van der Waals surface area contributed by atoms with Crippen LogP contribution in [0.3, 0.4) is 0 Å². The first kappa shape index (κ1) is 20.1. The van der Waals surface area contributed by atoms with Crippen LogP contribution < -0.4 is 19.7 Å². The van der Waals surface area contributed by atoms with Gasteiger partial charge in [0.2, 0.25) is 0 Å². The Labute approximate surface area is 176 Å². The van der Waals surface area contributed by atoms with Crippen molar-refractivity contribution >= 4 is 64.1 Å². The Morgan fingerprint density at radius 2 is 1.86 bits per heavy atom. The number of halogens is 2. The summed E-state index contributed by atoms with van der Waals surface area (Å²) in [6.07, 6.45) is 1.42. The van der Waals surface area contributed by atoms with E-state index in [1.165, 1.54) is 20.3 Å². The minimum absolute atomic E-state index is 0.0852. The van der Waals surface area contributed by atoms with Gasteiger partial charge >= 0.3 is 0 Å². The van der Waals surface area contributed by atoms with Crippen molar-refractivity contribution in [1.29, 1.82) is 0 Å². The van der Waals surface area contributed by atoms with E-state index >= 15 is 0 Å². The van der Waals surface area contributed by atoms with Gasteiger partial charge in [-0.15, -0.1) is 0 Å². The Hall–Kier alpha value is -2.61. The lowest BCUT2D eigenvalue weighted by atomic mass is 10.1. The van der Waals surface area contributed by atoms with E-state index < -0.39 is 11.8 Å². The van der Waals surface area contributed by atoms with Crippen LogP contribution in [0.1, 0.15) is 5.56 Å². The van der Waals surface area contributed by atoms with Crippen molar-refractivity contribution in [3.05, 3.63) is 57.6 Å². The molecule has 0 unspecified atom stereocenters. The van der Waals surface area contributed by atoms with Gasteiger partial charge < -0.3 is 9.47 Å². The van der Waals surface area contributed by atoms with Gasteiger partial charge in [0, 0.05) is 11.6 Å². The molecule has 1 N–H and O–H groups in total. The number of ether oxygens (including phenoxy) is 2. The lowest BCUT2D eigenvalue weighted by Gasteiger charge is -2.29. The van der Waals surface area contributed by atoms with Crippen LogP contribution in [0.25, 0.3) is 6.08 Å². The van der Waals surface area contributed by atoms with Crippen molar-refractivity contribution in [1.82, 2.24) is 5.32 Å². The van der Waals surface area contributed by atoms with E-state index in [1.54, 1.807) is 36.4 Å². The molecule has 0 radical (unpaired) electrons. The summed E-state index contributed by atoms with van der Waals surface area (Å²) in [6, 6.07) is 9.81. The van der Waals surface area contributed by atoms with Gasteiger partial charge in [-0.2, -0.15) is 0 Å². The molecule has 0 aromatic heterocycles. The highest BCUT2D eigenvalue weighted by Crippen LogP contribution is 2.35. The fourth-order valence-corrected chi connectivity index (χ4v) is 3.29. The molecule has 0 spiro atoms. The van der Waals surface area contributed by atoms with Gasteiger partial charge in [0.05, 0.1) is 30.0 Å². The SMILES string of the molecule is COc1ccc(C=C2C(=O)NC(=S)N(c3cccc(Cl)c3Cl)C2=O)c(OC)c1. The van der Waals surface area contributed by atoms with Crippen LogP contribution in [0.4, 0.5) is 5.69 Å². The molecular weight excluding hydrogens is 423 g/mol. The van der Waals surface area contributed by atoms with Gasteiger partial charge in [0.15, 0.2) is 5.11 Å². The lowest BCUT2D eigenvalue weighted by molar-refractivity contribution is -0.122. The number of nitrogens with zero attached hydrogens (tertiary/aromatic N) is 1. The van der Waals surface area contributed by atoms with E-state index in [-0.39, 0.29) is 26.4 Å². The summed E-state index contributed by atoms with van der Waals surface area (Å²) in [6.45, 7) is 0. The zero-order chi connectivity index (χ0) is 20.4. The number of nitrogens with one attached hydrogen (secondary N) is 1. The molecule has 2 aromatic rings. The molecule has 6 nitrogen and oxygen atoms in total. The topological polar surface area (TPSA) is 67.9 Å². The maximum atomic E-state index is 13.1. The van der Waals surface area contributed by atoms with Crippen LogP contribution >= 0.6 is 35.4 Å². The van der Waals surface area contributed by atoms with E-state index in [9.17, 15) is 9.59 Å². The predicted molar refractivity (Wildman–Crippen MR) is 112 cm³/mol. The third-order valence-electron chi connectivity index (χ3n) is 4.01. The molecule has 1 aliphatic heterocycles. The van der Waals surface area contributed by atoms with Crippen molar-refractivity contribution < 1.29 is 19.1 Å². The van der Waals surface area contributed by atoms with Crippen LogP contribution in [0.2, 0.25) is 10.0 Å². The molecule has 28 heavy (non-hydrogen) atoms. The van der Waals surface area contributed by atoms with Crippen molar-refractivity contribution in [2.45, 2.75) is 0 Å². The molecule has 9 heteroatoms. The van der Waals surface area contributed by atoms with E-state index in [0.717, 1.165) is 4.90 Å². The van der Waals surface area contributed by atoms with E-state index in [0.29, 0.717) is 17.1 Å². The quantitative estimate of drug-likeness (QED) is 0.447. The third-order valence-corrected chi connectivity index (χ3v) is 5.11. The Bertz CT molecular complexity index is 1020. The maximum absolute atomic E-state index is 13.1. The van der Waals surface area contributed by atoms with Crippen molar-refractivity contribution in [2.24, 2.45) is 0 Å². The minimum Gasteiger partial charge on any atom is -0.497 e. The maximum Gasteiger partial charge on any atom is 0.270 e. The van der Waals surface area contributed by atoms with Gasteiger partial charge in [0.1, 0.15) is 17.1 Å². The molecule has 3 rings (SSSR count). The molecule has 0 bridgehead atoms. The second kappa shape index (κ2) is 8.18. The lowest BCUT2D eigenvalue weighted by Crippen LogP contribution is -2.54. The summed E-state index contributed by atoms with van der Waals surface area (Å²) in [4.78, 5) is 26.6. The van der Waals surface area contributed by atoms with Gasteiger partial charge in [0.25, 0.3) is 11.8 Å². The predicted octanol–water partition coefficient (Wildman–Crippen LogP) is 3.84. The Morgan fingerprint density at radius 3 is 2.54 bits per heavy atom. The van der Waals surface area contributed by atoms with Crippen LogP contribution in [0.5, 0.6) is 11.5 Å². The number of hydrogen-bond acceptors (Lipinski definition) is 5. The van der Waals surface area contributed by atoms with Crippen LogP contribution in [-0.4, -0.2) is 31.1 Å². The number of hydrogen-bond donors (Lipinski definition) is 1. The number of benzene rings is 2. The summed E-state index contributed by atoms with van der Waals surface area (Å²) in [5.41, 5.74) is 0.664. The molecule has 1 aliphatic rings. The van der Waals surface area contributed by atoms with Crippen molar-refractivity contribution in [3.8, 4) is 11.5 Å². The average molecular weight is 437 g/mol. The summed E-state index contributed by atoms with van der Waals surface area (Å²) < 4.78 is 10.5. The zero-order valence-electron chi connectivity index (χ0n) is 14.8. The molecule has 2 aromatic carbocycles. The summed E-state index contributed by atoms with van der Waals surface area (Å²) in [5.74, 6) is -0.238. The molecule has 1 heterocycles. The van der Waals surface area contributed by atoms with Crippen LogP contribution in [0, 0.1) is 0 Å². The minimum atomic E-state index is -0.629. The third kappa shape index (κ3) is 3.69. The van der Waals surface area contributed by atoms with Crippen molar-refractivity contribution in [2.75, 3.05) is 19.1 Å². The fraction of sp³-hybridized carbons (Fsp3) is 0.105. The largest absolute Gasteiger partial charge is 0.497 e. The Kier molecular flexibility index (Phi) is 5.88. The molecule has 1 saturated heterocycles. The Morgan fingerprint density at radius 1 is 1.11 bits per heavy atom. The second-order valence-corrected chi connectivity index (χ2v) is 6.81. The highest BCUT2D eigenvalue weighted by Gasteiger charge is 2.35. The first-order chi connectivity index (χ1) is 13.4. The smallest absolute Gasteiger partial charge is 0.270 e. The molecule has 0 aliphatic carbocycles. The molecule has 1 fully saturated rings. The molecule has 144 valence electrons. The molecule has 0 saturated carbocycles. The molecular formula is C19H14Cl2N2O4S.